The summed E-state index contributed by atoms with van der Waals surface area (Å²) in [5.41, 5.74) is -3.60. The summed E-state index contributed by atoms with van der Waals surface area (Å²) in [6, 6.07) is 0. The van der Waals surface area contributed by atoms with Gasteiger partial charge in [0.05, 0.1) is 50.2 Å². The lowest BCUT2D eigenvalue weighted by atomic mass is 9.33. The van der Waals surface area contributed by atoms with E-state index >= 15 is 0 Å². The largest absolute Gasteiger partial charge is 0.479 e. The molecular formula is C66H104O27. The Morgan fingerprint density at radius 2 is 1.24 bits per heavy atom. The number of rotatable bonds is 22. The van der Waals surface area contributed by atoms with Gasteiger partial charge in [-0.05, 0) is 131 Å². The van der Waals surface area contributed by atoms with Gasteiger partial charge in [-0.3, -0.25) is 4.79 Å². The SMILES string of the molecule is C/C=C(/C)C(=O)OC1C(O)[C@H](O[C@H]2[C@H](OC(C)=O)[C@@]3(CO)C(CC2(C)C)C2=CCC4[C@@]5(C)CC[C@H](O[C@H](OC(C)C(=O)O)C(O[C@@H]6OC(CO)[C@H](O)C(O)C6O)C(CO)O[C@@H]6O[C@@H](CO)C(O)C6O)C(C)(C)C5CC[C@@]4(C)[C@]2(C)C[C@H]3O)OC(C)[C@@H]1OC(=O)/C(C)=C\C. The first-order valence-corrected chi connectivity index (χ1v) is 32.7. The summed E-state index contributed by atoms with van der Waals surface area (Å²) in [4.78, 5) is 52.7. The summed E-state index contributed by atoms with van der Waals surface area (Å²) in [5.74, 6) is -4.46. The Morgan fingerprint density at radius 1 is 0.667 bits per heavy atom. The third-order valence-electron chi connectivity index (χ3n) is 23.3. The van der Waals surface area contributed by atoms with Crippen molar-refractivity contribution in [2.24, 2.45) is 50.2 Å². The van der Waals surface area contributed by atoms with Gasteiger partial charge >= 0.3 is 23.9 Å². The predicted octanol–water partition coefficient (Wildman–Crippen LogP) is 1.35. The van der Waals surface area contributed by atoms with Gasteiger partial charge in [0.25, 0.3) is 0 Å². The number of carbonyl (C=O) groups excluding carboxylic acids is 3. The predicted molar refractivity (Wildman–Crippen MR) is 323 cm³/mol. The third-order valence-corrected chi connectivity index (χ3v) is 23.3. The van der Waals surface area contributed by atoms with E-state index in [2.05, 4.69) is 26.8 Å². The molecule has 8 rings (SSSR count). The minimum Gasteiger partial charge on any atom is -0.479 e. The molecule has 12 N–H and O–H groups in total. The first-order valence-electron chi connectivity index (χ1n) is 32.7. The average molecular weight is 1330 g/mol. The van der Waals surface area contributed by atoms with Crippen molar-refractivity contribution in [3.8, 4) is 0 Å². The molecule has 0 spiro atoms. The molecule has 0 aromatic carbocycles. The number of hydrogen-bond donors (Lipinski definition) is 12. The number of esters is 3. The highest BCUT2D eigenvalue weighted by Crippen LogP contribution is 2.76. The molecule has 27 heteroatoms. The van der Waals surface area contributed by atoms with Gasteiger partial charge < -0.3 is 113 Å². The van der Waals surface area contributed by atoms with E-state index in [1.165, 1.54) is 26.8 Å². The molecule has 7 fully saturated rings. The number of hydrogen-bond acceptors (Lipinski definition) is 26. The Labute approximate surface area is 543 Å². The lowest BCUT2D eigenvalue weighted by Crippen LogP contribution is -2.73. The van der Waals surface area contributed by atoms with E-state index in [1.807, 2.05) is 27.7 Å². The minimum atomic E-state index is -2.02. The van der Waals surface area contributed by atoms with E-state index in [1.54, 1.807) is 33.8 Å². The third kappa shape index (κ3) is 13.4. The Balaban J connectivity index is 1.11. The lowest BCUT2D eigenvalue weighted by Gasteiger charge is -2.72. The van der Waals surface area contributed by atoms with Gasteiger partial charge in [0.1, 0.15) is 73.2 Å². The highest BCUT2D eigenvalue weighted by atomic mass is 16.8. The Morgan fingerprint density at radius 3 is 1.78 bits per heavy atom. The zero-order chi connectivity index (χ0) is 69.2. The molecule has 0 amide bonds. The second-order valence-corrected chi connectivity index (χ2v) is 29.3. The van der Waals surface area contributed by atoms with E-state index < -0.39 is 224 Å². The normalized spacial score (nSPS) is 44.4. The van der Waals surface area contributed by atoms with Crippen LogP contribution in [0.5, 0.6) is 0 Å². The molecule has 3 saturated heterocycles. The number of allylic oxidation sites excluding steroid dienone is 4. The first-order chi connectivity index (χ1) is 43.4. The zero-order valence-corrected chi connectivity index (χ0v) is 55.9. The fraction of sp³-hybridized carbons (Fsp3) is 0.848. The highest BCUT2D eigenvalue weighted by molar-refractivity contribution is 5.88. The maximum atomic E-state index is 13.5. The van der Waals surface area contributed by atoms with Gasteiger partial charge in [0.2, 0.25) is 0 Å². The van der Waals surface area contributed by atoms with Crippen LogP contribution in [0.25, 0.3) is 0 Å². The molecule has 5 aliphatic carbocycles. The molecule has 0 aromatic rings. The first kappa shape index (κ1) is 75.1. The van der Waals surface area contributed by atoms with Crippen LogP contribution in [0.1, 0.15) is 142 Å². The highest BCUT2D eigenvalue weighted by Gasteiger charge is 2.74. The van der Waals surface area contributed by atoms with Crippen LogP contribution in [0.3, 0.4) is 0 Å². The number of carbonyl (C=O) groups is 4. The summed E-state index contributed by atoms with van der Waals surface area (Å²) >= 11 is 0. The fourth-order valence-electron chi connectivity index (χ4n) is 17.5. The van der Waals surface area contributed by atoms with Crippen LogP contribution in [0.15, 0.2) is 34.9 Å². The molecule has 14 unspecified atom stereocenters. The van der Waals surface area contributed by atoms with Gasteiger partial charge in [-0.15, -0.1) is 0 Å². The van der Waals surface area contributed by atoms with Crippen LogP contribution >= 0.6 is 0 Å². The van der Waals surface area contributed by atoms with Gasteiger partial charge in [-0.2, -0.15) is 0 Å². The summed E-state index contributed by atoms with van der Waals surface area (Å²) in [6.45, 7) is 21.7. The van der Waals surface area contributed by atoms with E-state index in [0.29, 0.717) is 32.1 Å². The molecule has 530 valence electrons. The molecule has 27 nitrogen and oxygen atoms in total. The molecule has 0 bridgehead atoms. The number of carboxylic acid groups (broad SMARTS) is 1. The Bertz CT molecular complexity index is 2750. The van der Waals surface area contributed by atoms with E-state index in [9.17, 15) is 80.5 Å². The summed E-state index contributed by atoms with van der Waals surface area (Å²) < 4.78 is 68.0. The molecule has 3 aliphatic heterocycles. The minimum absolute atomic E-state index is 0.0523. The second kappa shape index (κ2) is 28.7. The molecule has 3 heterocycles. The molecule has 29 atom stereocenters. The van der Waals surface area contributed by atoms with E-state index in [4.69, 9.17) is 52.1 Å². The maximum absolute atomic E-state index is 13.5. The van der Waals surface area contributed by atoms with Crippen LogP contribution in [-0.2, 0) is 71.3 Å². The maximum Gasteiger partial charge on any atom is 0.333 e. The second-order valence-electron chi connectivity index (χ2n) is 29.3. The van der Waals surface area contributed by atoms with Gasteiger partial charge in [-0.25, -0.2) is 14.4 Å². The number of aliphatic hydroxyl groups excluding tert-OH is 11. The van der Waals surface area contributed by atoms with Crippen LogP contribution < -0.4 is 0 Å². The topological polar surface area (TPSA) is 413 Å². The summed E-state index contributed by atoms with van der Waals surface area (Å²) in [7, 11) is 0. The smallest absolute Gasteiger partial charge is 0.333 e. The van der Waals surface area contributed by atoms with Crippen LogP contribution in [0, 0.1) is 50.2 Å². The molecule has 0 radical (unpaired) electrons. The molecule has 8 aliphatic rings. The van der Waals surface area contributed by atoms with Crippen LogP contribution in [-0.4, -0.2) is 247 Å². The molecule has 4 saturated carbocycles. The van der Waals surface area contributed by atoms with Crippen LogP contribution in [0.4, 0.5) is 0 Å². The molecular weight excluding hydrogens is 1220 g/mol. The Hall–Kier alpha value is -3.66. The van der Waals surface area contributed by atoms with Crippen molar-refractivity contribution in [2.75, 3.05) is 26.4 Å². The quantitative estimate of drug-likeness (QED) is 0.0182. The van der Waals surface area contributed by atoms with Crippen molar-refractivity contribution in [1.82, 2.24) is 0 Å². The number of carboxylic acids is 1. The van der Waals surface area contributed by atoms with Crippen molar-refractivity contribution in [2.45, 2.75) is 277 Å². The average Bonchev–Trinajstić information content (AvgIpc) is 1.58. The van der Waals surface area contributed by atoms with Gasteiger partial charge in [-0.1, -0.05) is 72.3 Å². The summed E-state index contributed by atoms with van der Waals surface area (Å²) in [5, 5.41) is 133. The Kier molecular flexibility index (Phi) is 23.1. The number of fused-ring (bicyclic) bond motifs is 7. The van der Waals surface area contributed by atoms with Gasteiger partial charge in [0.15, 0.2) is 43.5 Å². The van der Waals surface area contributed by atoms with Crippen molar-refractivity contribution >= 4 is 23.9 Å². The monoisotopic (exact) mass is 1330 g/mol. The van der Waals surface area contributed by atoms with E-state index in [0.717, 1.165) is 5.57 Å². The van der Waals surface area contributed by atoms with Crippen molar-refractivity contribution in [3.05, 3.63) is 34.9 Å². The van der Waals surface area contributed by atoms with Crippen molar-refractivity contribution < 1.29 is 133 Å². The van der Waals surface area contributed by atoms with Crippen molar-refractivity contribution in [1.29, 1.82) is 0 Å². The molecule has 93 heavy (non-hydrogen) atoms. The van der Waals surface area contributed by atoms with Gasteiger partial charge in [0, 0.05) is 18.1 Å². The number of ether oxygens (including phenoxy) is 11. The standard InChI is InChI=1S/C66H104O27/c1-15-29(3)55(81)90-49-31(5)83-59(48(78)51(49)91-56(82)30(4)16-2)93-52-53(85-33(7)71)66(28-70)35(23-61(52,8)9)34-17-18-40-63(12)21-20-42(62(10,11)39(63)19-22-64(40,13)65(34,14)24-41(66)72)89-60(84-32(6)54(79)80)50(92-58-47(77)45(75)43(73)36(25-67)87-58)38(27-69)88-57-46(76)44(74)37(26-68)86-57/h15-17,31-32,35-53,57-60,67-70,72-78H,18-28H2,1-14H3,(H,79,80)/b29-15-,30-16-/t31?,32?,35?,36?,37-,38?,39?,40?,41+,42-,43-,44?,45?,46?,47?,48?,49-,50?,51?,52-,53-,57-,58-,59-,60-,63-,64+,65+,66-/m0/s1. The summed E-state index contributed by atoms with van der Waals surface area (Å²) in [6.07, 6.45) is -26.2. The van der Waals surface area contributed by atoms with E-state index in [-0.39, 0.29) is 35.8 Å². The van der Waals surface area contributed by atoms with Crippen LogP contribution in [0.2, 0.25) is 0 Å². The molecule has 0 aromatic heterocycles. The zero-order valence-electron chi connectivity index (χ0n) is 55.9. The fourth-order valence-corrected chi connectivity index (χ4v) is 17.5. The number of aliphatic carboxylic acids is 1. The number of aliphatic hydroxyl groups is 11. The van der Waals surface area contributed by atoms with Crippen molar-refractivity contribution in [3.63, 3.8) is 0 Å². The lowest BCUT2D eigenvalue weighted by molar-refractivity contribution is -0.361.